The maximum atomic E-state index is 11.4. The third kappa shape index (κ3) is 2.34. The molecule has 0 aliphatic carbocycles. The first-order chi connectivity index (χ1) is 6.47. The van der Waals surface area contributed by atoms with Gasteiger partial charge in [0.1, 0.15) is 0 Å². The molecule has 2 N–H and O–H groups in total. The van der Waals surface area contributed by atoms with Gasteiger partial charge in [0, 0.05) is 20.1 Å². The molecule has 14 heavy (non-hydrogen) atoms. The van der Waals surface area contributed by atoms with E-state index < -0.39 is 16.3 Å². The van der Waals surface area contributed by atoms with Crippen molar-refractivity contribution in [2.75, 3.05) is 27.2 Å². The van der Waals surface area contributed by atoms with Gasteiger partial charge in [0.05, 0.1) is 13.2 Å². The van der Waals surface area contributed by atoms with Gasteiger partial charge >= 0.3 is 16.3 Å². The molecule has 8 heteroatoms. The Morgan fingerprint density at radius 3 is 2.50 bits per heavy atom. The van der Waals surface area contributed by atoms with Crippen LogP contribution in [0.1, 0.15) is 0 Å². The van der Waals surface area contributed by atoms with Crippen LogP contribution in [0.4, 0.5) is 4.79 Å². The SMILES string of the molecule is COC(=O)NS(=O)(=O)N(C)C1CNC1. The number of ether oxygens (including phenoxy) is 1. The van der Waals surface area contributed by atoms with E-state index in [1.54, 1.807) is 4.72 Å². The van der Waals surface area contributed by atoms with E-state index in [1.807, 2.05) is 0 Å². The molecule has 1 amide bonds. The fourth-order valence-corrected chi connectivity index (χ4v) is 1.93. The van der Waals surface area contributed by atoms with Gasteiger partial charge in [0.25, 0.3) is 0 Å². The van der Waals surface area contributed by atoms with E-state index in [2.05, 4.69) is 10.1 Å². The lowest BCUT2D eigenvalue weighted by atomic mass is 10.2. The van der Waals surface area contributed by atoms with E-state index in [9.17, 15) is 13.2 Å². The second-order valence-corrected chi connectivity index (χ2v) is 4.66. The van der Waals surface area contributed by atoms with Gasteiger partial charge in [0.2, 0.25) is 0 Å². The zero-order valence-electron chi connectivity index (χ0n) is 7.98. The molecule has 0 aromatic heterocycles. The molecule has 0 aromatic carbocycles. The van der Waals surface area contributed by atoms with Crippen LogP contribution in [0.5, 0.6) is 0 Å². The van der Waals surface area contributed by atoms with Crippen LogP contribution in [-0.4, -0.2) is 52.1 Å². The van der Waals surface area contributed by atoms with Gasteiger partial charge in [-0.25, -0.2) is 9.52 Å². The standard InChI is InChI=1S/C6H13N3O4S/c1-9(5-3-7-4-5)14(11,12)8-6(10)13-2/h5,7H,3-4H2,1-2H3,(H,8,10). The average molecular weight is 223 g/mol. The summed E-state index contributed by atoms with van der Waals surface area (Å²) < 4.78 is 29.9. The highest BCUT2D eigenvalue weighted by atomic mass is 32.2. The Bertz CT molecular complexity index is 311. The monoisotopic (exact) mass is 223 g/mol. The number of hydrogen-bond acceptors (Lipinski definition) is 5. The van der Waals surface area contributed by atoms with Gasteiger partial charge in [-0.3, -0.25) is 0 Å². The van der Waals surface area contributed by atoms with Crippen molar-refractivity contribution in [2.45, 2.75) is 6.04 Å². The average Bonchev–Trinajstić information content (AvgIpc) is 2.00. The lowest BCUT2D eigenvalue weighted by Crippen LogP contribution is -2.59. The van der Waals surface area contributed by atoms with Crippen LogP contribution in [0.25, 0.3) is 0 Å². The number of amides is 1. The minimum atomic E-state index is -3.76. The van der Waals surface area contributed by atoms with E-state index >= 15 is 0 Å². The summed E-state index contributed by atoms with van der Waals surface area (Å²) in [4.78, 5) is 10.7. The maximum absolute atomic E-state index is 11.4. The highest BCUT2D eigenvalue weighted by Crippen LogP contribution is 2.06. The number of nitrogens with one attached hydrogen (secondary N) is 2. The Balaban J connectivity index is 2.59. The molecule has 1 rings (SSSR count). The van der Waals surface area contributed by atoms with E-state index in [1.165, 1.54) is 7.05 Å². The van der Waals surface area contributed by atoms with Crippen LogP contribution in [0.15, 0.2) is 0 Å². The molecule has 0 aromatic rings. The summed E-state index contributed by atoms with van der Waals surface area (Å²) >= 11 is 0. The van der Waals surface area contributed by atoms with Crippen LogP contribution in [0.2, 0.25) is 0 Å². The van der Waals surface area contributed by atoms with Gasteiger partial charge in [-0.1, -0.05) is 0 Å². The smallest absolute Gasteiger partial charge is 0.421 e. The first-order valence-corrected chi connectivity index (χ1v) is 5.46. The van der Waals surface area contributed by atoms with E-state index in [-0.39, 0.29) is 6.04 Å². The first-order valence-electron chi connectivity index (χ1n) is 4.02. The lowest BCUT2D eigenvalue weighted by molar-refractivity contribution is 0.176. The predicted octanol–water partition coefficient (Wildman–Crippen LogP) is -1.51. The normalized spacial score (nSPS) is 17.6. The molecule has 1 fully saturated rings. The fourth-order valence-electron chi connectivity index (χ4n) is 0.946. The van der Waals surface area contributed by atoms with Gasteiger partial charge < -0.3 is 10.1 Å². The summed E-state index contributed by atoms with van der Waals surface area (Å²) in [6.45, 7) is 1.19. The first kappa shape index (κ1) is 11.2. The second-order valence-electron chi connectivity index (χ2n) is 2.93. The predicted molar refractivity (Wildman–Crippen MR) is 48.9 cm³/mol. The Morgan fingerprint density at radius 2 is 2.14 bits per heavy atom. The molecular weight excluding hydrogens is 210 g/mol. The minimum absolute atomic E-state index is 0.0999. The summed E-state index contributed by atoms with van der Waals surface area (Å²) in [5.74, 6) is 0. The van der Waals surface area contributed by atoms with E-state index in [4.69, 9.17) is 0 Å². The molecule has 0 spiro atoms. The number of carbonyl (C=O) groups is 1. The second kappa shape index (κ2) is 4.11. The Morgan fingerprint density at radius 1 is 1.57 bits per heavy atom. The molecule has 0 bridgehead atoms. The summed E-state index contributed by atoms with van der Waals surface area (Å²) in [6, 6.07) is -0.0999. The number of methoxy groups -OCH3 is 1. The van der Waals surface area contributed by atoms with Gasteiger partial charge in [0.15, 0.2) is 0 Å². The number of nitrogens with zero attached hydrogens (tertiary/aromatic N) is 1. The van der Waals surface area contributed by atoms with Crippen molar-refractivity contribution in [1.82, 2.24) is 14.3 Å². The third-order valence-electron chi connectivity index (χ3n) is 2.05. The summed E-state index contributed by atoms with van der Waals surface area (Å²) in [5, 5.41) is 2.93. The molecule has 1 aliphatic heterocycles. The van der Waals surface area contributed by atoms with Gasteiger partial charge in [-0.05, 0) is 0 Å². The van der Waals surface area contributed by atoms with Crippen molar-refractivity contribution in [2.24, 2.45) is 0 Å². The van der Waals surface area contributed by atoms with Crippen LogP contribution in [-0.2, 0) is 14.9 Å². The fraction of sp³-hybridized carbons (Fsp3) is 0.833. The largest absolute Gasteiger partial charge is 0.452 e. The number of rotatable bonds is 3. The molecule has 0 radical (unpaired) electrons. The van der Waals surface area contributed by atoms with E-state index in [0.717, 1.165) is 11.4 Å². The molecule has 1 heterocycles. The molecule has 0 saturated carbocycles. The maximum Gasteiger partial charge on any atom is 0.421 e. The quantitative estimate of drug-likeness (QED) is 0.607. The van der Waals surface area contributed by atoms with Gasteiger partial charge in [-0.15, -0.1) is 0 Å². The zero-order chi connectivity index (χ0) is 10.8. The third-order valence-corrected chi connectivity index (χ3v) is 3.53. The molecule has 1 saturated heterocycles. The summed E-state index contributed by atoms with van der Waals surface area (Å²) in [6.07, 6.45) is -0.982. The van der Waals surface area contributed by atoms with Crippen molar-refractivity contribution in [3.8, 4) is 0 Å². The Labute approximate surface area is 82.6 Å². The Hall–Kier alpha value is -0.860. The van der Waals surface area contributed by atoms with Crippen molar-refractivity contribution >= 4 is 16.3 Å². The topological polar surface area (TPSA) is 87.7 Å². The van der Waals surface area contributed by atoms with Crippen LogP contribution < -0.4 is 10.0 Å². The molecule has 0 atom stereocenters. The van der Waals surface area contributed by atoms with Crippen LogP contribution in [0, 0.1) is 0 Å². The molecule has 1 aliphatic rings. The Kier molecular flexibility index (Phi) is 3.29. The van der Waals surface area contributed by atoms with Crippen LogP contribution in [0.3, 0.4) is 0 Å². The summed E-state index contributed by atoms with van der Waals surface area (Å²) in [7, 11) is -1.24. The molecule has 0 unspecified atom stereocenters. The molecular formula is C6H13N3O4S. The van der Waals surface area contributed by atoms with Gasteiger partial charge in [-0.2, -0.15) is 12.7 Å². The number of carbonyl (C=O) groups excluding carboxylic acids is 1. The minimum Gasteiger partial charge on any atom is -0.452 e. The molecule has 7 nitrogen and oxygen atoms in total. The number of hydrogen-bond donors (Lipinski definition) is 2. The lowest BCUT2D eigenvalue weighted by Gasteiger charge is -2.34. The molecule has 82 valence electrons. The van der Waals surface area contributed by atoms with Crippen molar-refractivity contribution in [3.63, 3.8) is 0 Å². The highest BCUT2D eigenvalue weighted by Gasteiger charge is 2.31. The highest BCUT2D eigenvalue weighted by molar-refractivity contribution is 7.87. The zero-order valence-corrected chi connectivity index (χ0v) is 8.80. The van der Waals surface area contributed by atoms with Crippen LogP contribution >= 0.6 is 0 Å². The van der Waals surface area contributed by atoms with Crippen molar-refractivity contribution < 1.29 is 17.9 Å². The summed E-state index contributed by atoms with van der Waals surface area (Å²) in [5.41, 5.74) is 0. The van der Waals surface area contributed by atoms with Crippen molar-refractivity contribution in [1.29, 1.82) is 0 Å². The van der Waals surface area contributed by atoms with E-state index in [0.29, 0.717) is 13.1 Å². The van der Waals surface area contributed by atoms with Crippen molar-refractivity contribution in [3.05, 3.63) is 0 Å². The number of likely N-dealkylation sites (N-methyl/N-ethyl adjacent to an activating group) is 1.